The molecule has 0 fully saturated rings. The Kier molecular flexibility index (Phi) is 3.26. The van der Waals surface area contributed by atoms with E-state index in [-0.39, 0.29) is 0 Å². The first-order valence-electron chi connectivity index (χ1n) is 3.09. The summed E-state index contributed by atoms with van der Waals surface area (Å²) in [4.78, 5) is 9.29. The molecule has 0 heterocycles. The van der Waals surface area contributed by atoms with Gasteiger partial charge in [0.2, 0.25) is 0 Å². The fourth-order valence-electron chi connectivity index (χ4n) is 0.499. The first-order chi connectivity index (χ1) is 6.69. The fourth-order valence-corrected chi connectivity index (χ4v) is 0.499. The van der Waals surface area contributed by atoms with Crippen molar-refractivity contribution in [2.75, 3.05) is 0 Å². The van der Waals surface area contributed by atoms with Gasteiger partial charge in [-0.05, 0) is 0 Å². The third-order valence-corrected chi connectivity index (χ3v) is 1.39. The van der Waals surface area contributed by atoms with Crippen molar-refractivity contribution >= 4 is 6.04 Å². The highest BCUT2D eigenvalue weighted by molar-refractivity contribution is 5.78. The highest BCUT2D eigenvalue weighted by atomic mass is 19.4. The number of carbonyl (C=O) groups excluding carboxylic acids is 1. The maximum atomic E-state index is 12.0. The summed E-state index contributed by atoms with van der Waals surface area (Å²) >= 11 is 0. The van der Waals surface area contributed by atoms with Gasteiger partial charge in [0, 0.05) is 0 Å². The number of carbonyl (C=O) groups is 1. The van der Waals surface area contributed by atoms with E-state index in [1.807, 2.05) is 0 Å². The Bertz CT molecular complexity index is 288. The van der Waals surface area contributed by atoms with Gasteiger partial charge in [0.1, 0.15) is 0 Å². The van der Waals surface area contributed by atoms with Crippen LogP contribution in [0.4, 0.5) is 43.9 Å². The molecule has 0 aliphatic rings. The molecule has 0 saturated carbocycles. The molecule has 96 valence electrons. The highest BCUT2D eigenvalue weighted by Crippen LogP contribution is 2.53. The smallest absolute Gasteiger partial charge is 0.254 e. The molecular formula is C5F10O. The molecule has 0 aliphatic heterocycles. The zero-order valence-corrected chi connectivity index (χ0v) is 6.69. The van der Waals surface area contributed by atoms with Gasteiger partial charge in [-0.15, -0.1) is 0 Å². The van der Waals surface area contributed by atoms with Gasteiger partial charge in [-0.3, -0.25) is 4.79 Å². The van der Waals surface area contributed by atoms with E-state index in [2.05, 4.69) is 0 Å². The van der Waals surface area contributed by atoms with Crippen molar-refractivity contribution < 1.29 is 48.7 Å². The van der Waals surface area contributed by atoms with Crippen LogP contribution in [0.25, 0.3) is 0 Å². The number of hydrogen-bond acceptors (Lipinski definition) is 1. The van der Waals surface area contributed by atoms with Crippen molar-refractivity contribution in [2.45, 2.75) is 23.9 Å². The summed E-state index contributed by atoms with van der Waals surface area (Å²) in [5.74, 6) is -21.2. The van der Waals surface area contributed by atoms with E-state index >= 15 is 0 Å². The molecule has 0 saturated heterocycles. The predicted molar refractivity (Wildman–Crippen MR) is 27.0 cm³/mol. The van der Waals surface area contributed by atoms with Crippen LogP contribution >= 0.6 is 0 Å². The van der Waals surface area contributed by atoms with Gasteiger partial charge in [0.25, 0.3) is 0 Å². The average Bonchev–Trinajstić information content (AvgIpc) is 2.00. The Morgan fingerprint density at radius 1 is 0.688 bits per heavy atom. The predicted octanol–water partition coefficient (Wildman–Crippen LogP) is 2.95. The summed E-state index contributed by atoms with van der Waals surface area (Å²) in [5.41, 5.74) is 0. The molecule has 16 heavy (non-hydrogen) atoms. The molecule has 0 N–H and O–H groups in total. The van der Waals surface area contributed by atoms with Crippen LogP contribution in [-0.4, -0.2) is 30.0 Å². The first-order valence-corrected chi connectivity index (χ1v) is 3.09. The lowest BCUT2D eigenvalue weighted by molar-refractivity contribution is -0.389. The molecule has 11 heteroatoms. The van der Waals surface area contributed by atoms with Crippen LogP contribution in [0.15, 0.2) is 0 Å². The third kappa shape index (κ3) is 1.82. The molecule has 0 unspecified atom stereocenters. The summed E-state index contributed by atoms with van der Waals surface area (Å²) in [6.07, 6.45) is -7.06. The molecule has 0 atom stereocenters. The second-order valence-electron chi connectivity index (χ2n) is 2.49. The van der Waals surface area contributed by atoms with Crippen molar-refractivity contribution in [2.24, 2.45) is 0 Å². The van der Waals surface area contributed by atoms with Crippen LogP contribution in [0.3, 0.4) is 0 Å². The van der Waals surface area contributed by atoms with Gasteiger partial charge < -0.3 is 0 Å². The van der Waals surface area contributed by atoms with Crippen molar-refractivity contribution in [1.82, 2.24) is 0 Å². The van der Waals surface area contributed by atoms with E-state index in [0.29, 0.717) is 0 Å². The molecule has 0 spiro atoms. The molecule has 0 amide bonds. The summed E-state index contributed by atoms with van der Waals surface area (Å²) < 4.78 is 117. The van der Waals surface area contributed by atoms with E-state index in [4.69, 9.17) is 0 Å². The highest BCUT2D eigenvalue weighted by Gasteiger charge is 2.84. The number of rotatable bonds is 3. The lowest BCUT2D eigenvalue weighted by atomic mass is 10.0. The monoisotopic (exact) mass is 266 g/mol. The van der Waals surface area contributed by atoms with Crippen LogP contribution in [0.5, 0.6) is 0 Å². The number of halogens is 10. The summed E-state index contributed by atoms with van der Waals surface area (Å²) in [7, 11) is 0. The van der Waals surface area contributed by atoms with E-state index in [1.165, 1.54) is 0 Å². The van der Waals surface area contributed by atoms with Crippen LogP contribution in [-0.2, 0) is 4.79 Å². The van der Waals surface area contributed by atoms with Crippen molar-refractivity contribution in [3.05, 3.63) is 0 Å². The van der Waals surface area contributed by atoms with Gasteiger partial charge in [-0.1, -0.05) is 0 Å². The van der Waals surface area contributed by atoms with Crippen LogP contribution in [0, 0.1) is 0 Å². The Morgan fingerprint density at radius 2 is 1.00 bits per heavy atom. The van der Waals surface area contributed by atoms with Gasteiger partial charge in [0.05, 0.1) is 0 Å². The second-order valence-corrected chi connectivity index (χ2v) is 2.49. The minimum atomic E-state index is -7.24. The fraction of sp³-hybridized carbons (Fsp3) is 0.800. The van der Waals surface area contributed by atoms with Gasteiger partial charge >= 0.3 is 30.0 Å². The second kappa shape index (κ2) is 3.48. The molecule has 0 aromatic rings. The van der Waals surface area contributed by atoms with E-state index in [0.717, 1.165) is 0 Å². The van der Waals surface area contributed by atoms with Crippen LogP contribution < -0.4 is 0 Å². The average molecular weight is 266 g/mol. The lowest BCUT2D eigenvalue weighted by Gasteiger charge is -2.31. The van der Waals surface area contributed by atoms with Crippen molar-refractivity contribution in [1.29, 1.82) is 0 Å². The molecule has 0 rings (SSSR count). The van der Waals surface area contributed by atoms with E-state index in [1.54, 1.807) is 0 Å². The zero-order chi connectivity index (χ0) is 13.6. The molecule has 0 radical (unpaired) electrons. The standard InChI is InChI=1S/C5F10O/c6-1(16)2(7,8)3(9,10)4(11,12)5(13,14)15. The maximum Gasteiger partial charge on any atom is 0.460 e. The lowest BCUT2D eigenvalue weighted by Crippen LogP contribution is -2.62. The molecule has 1 nitrogen and oxygen atoms in total. The molecular weight excluding hydrogens is 266 g/mol. The molecule has 0 aromatic heterocycles. The molecule has 0 aliphatic carbocycles. The van der Waals surface area contributed by atoms with Gasteiger partial charge in [-0.25, -0.2) is 0 Å². The van der Waals surface area contributed by atoms with Gasteiger partial charge in [0.15, 0.2) is 0 Å². The summed E-state index contributed by atoms with van der Waals surface area (Å²) in [6, 6.07) is -4.29. The van der Waals surface area contributed by atoms with Crippen LogP contribution in [0.1, 0.15) is 0 Å². The Morgan fingerprint density at radius 3 is 1.19 bits per heavy atom. The number of alkyl halides is 9. The quantitative estimate of drug-likeness (QED) is 0.567. The Hall–Kier alpha value is -1.03. The SMILES string of the molecule is O=C(F)C(F)(F)C(F)(F)C(F)(F)C(F)(F)F. The third-order valence-electron chi connectivity index (χ3n) is 1.39. The van der Waals surface area contributed by atoms with E-state index in [9.17, 15) is 48.7 Å². The minimum absolute atomic E-state index is 4.29. The van der Waals surface area contributed by atoms with Crippen molar-refractivity contribution in [3.8, 4) is 0 Å². The Balaban J connectivity index is 5.62. The molecule has 0 bridgehead atoms. The first kappa shape index (κ1) is 15.0. The van der Waals surface area contributed by atoms with Crippen LogP contribution in [0.2, 0.25) is 0 Å². The Labute approximate surface area is 80.0 Å². The molecule has 0 aromatic carbocycles. The van der Waals surface area contributed by atoms with Crippen molar-refractivity contribution in [3.63, 3.8) is 0 Å². The minimum Gasteiger partial charge on any atom is -0.254 e. The largest absolute Gasteiger partial charge is 0.460 e. The number of hydrogen-bond donors (Lipinski definition) is 0. The topological polar surface area (TPSA) is 17.1 Å². The maximum absolute atomic E-state index is 12.0. The normalized spacial score (nSPS) is 15.1. The van der Waals surface area contributed by atoms with E-state index < -0.39 is 30.0 Å². The van der Waals surface area contributed by atoms with Gasteiger partial charge in [-0.2, -0.15) is 43.9 Å². The summed E-state index contributed by atoms with van der Waals surface area (Å²) in [5, 5.41) is 0. The summed E-state index contributed by atoms with van der Waals surface area (Å²) in [6.45, 7) is 0. The zero-order valence-electron chi connectivity index (χ0n) is 6.69.